The van der Waals surface area contributed by atoms with Crippen LogP contribution in [-0.2, 0) is 14.2 Å². The molecule has 1 saturated heterocycles. The second-order valence-electron chi connectivity index (χ2n) is 8.00. The molecule has 6 heteroatoms. The summed E-state index contributed by atoms with van der Waals surface area (Å²) < 4.78 is 28.9. The highest BCUT2D eigenvalue weighted by molar-refractivity contribution is 5.99. The van der Waals surface area contributed by atoms with Crippen molar-refractivity contribution in [3.63, 3.8) is 0 Å². The second-order valence-corrected chi connectivity index (χ2v) is 8.00. The van der Waals surface area contributed by atoms with E-state index in [0.29, 0.717) is 17.7 Å². The highest BCUT2D eigenvalue weighted by Crippen LogP contribution is 2.46. The van der Waals surface area contributed by atoms with E-state index >= 15 is 0 Å². The van der Waals surface area contributed by atoms with Crippen molar-refractivity contribution in [2.45, 2.75) is 38.3 Å². The van der Waals surface area contributed by atoms with Gasteiger partial charge in [0.1, 0.15) is 17.6 Å². The summed E-state index contributed by atoms with van der Waals surface area (Å²) in [5, 5.41) is 0. The summed E-state index contributed by atoms with van der Waals surface area (Å²) in [5.41, 5.74) is 1.52. The molecule has 0 saturated carbocycles. The highest BCUT2D eigenvalue weighted by Gasteiger charge is 2.44. The van der Waals surface area contributed by atoms with Gasteiger partial charge in [0.25, 0.3) is 0 Å². The Balaban J connectivity index is 1.25. The Labute approximate surface area is 194 Å². The zero-order valence-corrected chi connectivity index (χ0v) is 18.8. The van der Waals surface area contributed by atoms with Crippen LogP contribution in [0.5, 0.6) is 11.5 Å². The lowest BCUT2D eigenvalue weighted by molar-refractivity contribution is -0.349. The molecule has 0 aromatic heterocycles. The number of ketones is 1. The van der Waals surface area contributed by atoms with Crippen LogP contribution in [0, 0.1) is 0 Å². The zero-order valence-electron chi connectivity index (χ0n) is 18.8. The fourth-order valence-electron chi connectivity index (χ4n) is 3.62. The molecule has 0 bridgehead atoms. The van der Waals surface area contributed by atoms with Gasteiger partial charge in [0.15, 0.2) is 25.2 Å². The number of carbonyl (C=O) groups is 1. The molecule has 4 rings (SSSR count). The van der Waals surface area contributed by atoms with E-state index in [2.05, 4.69) is 0 Å². The molecule has 1 aliphatic heterocycles. The topological polar surface area (TPSA) is 63.2 Å². The minimum Gasteiger partial charge on any atom is -0.467 e. The van der Waals surface area contributed by atoms with E-state index in [9.17, 15) is 4.79 Å². The van der Waals surface area contributed by atoms with Crippen molar-refractivity contribution in [2.75, 3.05) is 13.6 Å². The van der Waals surface area contributed by atoms with Crippen LogP contribution < -0.4 is 9.47 Å². The van der Waals surface area contributed by atoms with Crippen LogP contribution in [0.15, 0.2) is 84.9 Å². The van der Waals surface area contributed by atoms with Crippen LogP contribution in [0.4, 0.5) is 0 Å². The summed E-state index contributed by atoms with van der Waals surface area (Å²) in [6.45, 7) is 3.68. The molecule has 6 nitrogen and oxygen atoms in total. The molecule has 0 amide bonds. The van der Waals surface area contributed by atoms with Crippen molar-refractivity contribution in [3.8, 4) is 11.5 Å². The molecule has 33 heavy (non-hydrogen) atoms. The molecule has 1 heterocycles. The summed E-state index contributed by atoms with van der Waals surface area (Å²) in [4.78, 5) is 12.4. The number of ether oxygens (including phenoxy) is 5. The van der Waals surface area contributed by atoms with Crippen molar-refractivity contribution in [2.24, 2.45) is 0 Å². The lowest BCUT2D eigenvalue weighted by Crippen LogP contribution is -2.46. The Morgan fingerprint density at radius 2 is 1.58 bits per heavy atom. The molecule has 1 fully saturated rings. The van der Waals surface area contributed by atoms with E-state index < -0.39 is 11.9 Å². The van der Waals surface area contributed by atoms with Gasteiger partial charge in [-0.25, -0.2) is 0 Å². The van der Waals surface area contributed by atoms with Crippen LogP contribution in [0.25, 0.3) is 0 Å². The average molecular weight is 449 g/mol. The first-order chi connectivity index (χ1) is 16.0. The quantitative estimate of drug-likeness (QED) is 0.283. The first kappa shape index (κ1) is 23.0. The maximum atomic E-state index is 12.4. The molecule has 1 aliphatic rings. The third-order valence-electron chi connectivity index (χ3n) is 5.51. The maximum absolute atomic E-state index is 12.4. The number of hydrogen-bond donors (Lipinski definition) is 0. The van der Waals surface area contributed by atoms with Gasteiger partial charge in [0.2, 0.25) is 0 Å². The van der Waals surface area contributed by atoms with Crippen molar-refractivity contribution >= 4 is 5.78 Å². The maximum Gasteiger partial charge on any atom is 0.192 e. The van der Waals surface area contributed by atoms with Gasteiger partial charge in [0.05, 0.1) is 6.10 Å². The standard InChI is InChI=1S/C27H28O6/c1-20(26(28)21-11-5-3-6-12-21)29-18-31-24-16-10-9-15-23(24)25-17-27(2,33-25)32-19-30-22-13-7-4-8-14-22/h3-16,20,25H,17-19H2,1-2H3. The predicted octanol–water partition coefficient (Wildman–Crippen LogP) is 5.54. The summed E-state index contributed by atoms with van der Waals surface area (Å²) in [6, 6.07) is 26.2. The Bertz CT molecular complexity index is 1030. The molecule has 0 aliphatic carbocycles. The first-order valence-corrected chi connectivity index (χ1v) is 11.0. The lowest BCUT2D eigenvalue weighted by atomic mass is 9.95. The average Bonchev–Trinajstić information content (AvgIpc) is 2.83. The molecule has 172 valence electrons. The van der Waals surface area contributed by atoms with Crippen LogP contribution in [-0.4, -0.2) is 31.3 Å². The largest absolute Gasteiger partial charge is 0.467 e. The molecule has 0 N–H and O–H groups in total. The second kappa shape index (κ2) is 10.6. The Kier molecular flexibility index (Phi) is 7.40. The van der Waals surface area contributed by atoms with Crippen molar-refractivity contribution in [1.82, 2.24) is 0 Å². The van der Waals surface area contributed by atoms with Crippen molar-refractivity contribution in [3.05, 3.63) is 96.1 Å². The van der Waals surface area contributed by atoms with Crippen molar-refractivity contribution in [1.29, 1.82) is 0 Å². The minimum absolute atomic E-state index is 0.0395. The number of para-hydroxylation sites is 2. The number of carbonyl (C=O) groups excluding carboxylic acids is 1. The fraction of sp³-hybridized carbons (Fsp3) is 0.296. The van der Waals surface area contributed by atoms with Gasteiger partial charge in [-0.1, -0.05) is 66.7 Å². The number of benzene rings is 3. The number of Topliss-reactive ketones (excluding diaryl/α,β-unsaturated/α-hetero) is 1. The normalized spacial score (nSPS) is 20.5. The van der Waals surface area contributed by atoms with Crippen LogP contribution >= 0.6 is 0 Å². The Morgan fingerprint density at radius 3 is 2.30 bits per heavy atom. The molecule has 3 atom stereocenters. The molecule has 3 aromatic carbocycles. The number of hydrogen-bond acceptors (Lipinski definition) is 6. The SMILES string of the molecule is CC(OCOc1ccccc1C1CC(C)(OCOc2ccccc2)O1)C(=O)c1ccccc1. The monoisotopic (exact) mass is 448 g/mol. The summed E-state index contributed by atoms with van der Waals surface area (Å²) in [6.07, 6.45) is -0.109. The predicted molar refractivity (Wildman–Crippen MR) is 123 cm³/mol. The van der Waals surface area contributed by atoms with Gasteiger partial charge in [-0.3, -0.25) is 4.79 Å². The van der Waals surface area contributed by atoms with Gasteiger partial charge in [-0.05, 0) is 32.0 Å². The van der Waals surface area contributed by atoms with E-state index in [1.54, 1.807) is 19.1 Å². The van der Waals surface area contributed by atoms with Gasteiger partial charge in [-0.15, -0.1) is 0 Å². The van der Waals surface area contributed by atoms with Crippen LogP contribution in [0.3, 0.4) is 0 Å². The highest BCUT2D eigenvalue weighted by atomic mass is 16.8. The zero-order chi connectivity index (χ0) is 23.1. The molecular weight excluding hydrogens is 420 g/mol. The van der Waals surface area contributed by atoms with E-state index in [1.165, 1.54) is 0 Å². The van der Waals surface area contributed by atoms with E-state index in [0.717, 1.165) is 11.3 Å². The van der Waals surface area contributed by atoms with E-state index in [-0.39, 0.29) is 25.5 Å². The molecule has 0 spiro atoms. The number of rotatable bonds is 11. The van der Waals surface area contributed by atoms with E-state index in [4.69, 9.17) is 23.7 Å². The summed E-state index contributed by atoms with van der Waals surface area (Å²) in [7, 11) is 0. The molecule has 3 unspecified atom stereocenters. The van der Waals surface area contributed by atoms with Crippen molar-refractivity contribution < 1.29 is 28.5 Å². The minimum atomic E-state index is -0.723. The van der Waals surface area contributed by atoms with Gasteiger partial charge in [-0.2, -0.15) is 0 Å². The fourth-order valence-corrected chi connectivity index (χ4v) is 3.62. The Morgan fingerprint density at radius 1 is 0.939 bits per heavy atom. The van der Waals surface area contributed by atoms with Crippen LogP contribution in [0.1, 0.15) is 42.3 Å². The third kappa shape index (κ3) is 5.99. The molecular formula is C27H28O6. The van der Waals surface area contributed by atoms with Gasteiger partial charge >= 0.3 is 0 Å². The van der Waals surface area contributed by atoms with Gasteiger partial charge < -0.3 is 23.7 Å². The lowest BCUT2D eigenvalue weighted by Gasteiger charge is -2.45. The summed E-state index contributed by atoms with van der Waals surface area (Å²) in [5.74, 6) is 0.597. The third-order valence-corrected chi connectivity index (χ3v) is 5.51. The summed E-state index contributed by atoms with van der Waals surface area (Å²) >= 11 is 0. The molecule has 3 aromatic rings. The van der Waals surface area contributed by atoms with Crippen LogP contribution in [0.2, 0.25) is 0 Å². The first-order valence-electron chi connectivity index (χ1n) is 11.0. The Hall–Kier alpha value is -3.19. The van der Waals surface area contributed by atoms with Gasteiger partial charge in [0, 0.05) is 17.5 Å². The van der Waals surface area contributed by atoms with E-state index in [1.807, 2.05) is 79.7 Å². The smallest absolute Gasteiger partial charge is 0.192 e. The molecule has 0 radical (unpaired) electrons.